The van der Waals surface area contributed by atoms with Crippen molar-refractivity contribution in [2.75, 3.05) is 11.9 Å². The van der Waals surface area contributed by atoms with Crippen molar-refractivity contribution in [2.24, 2.45) is 5.92 Å². The molecule has 1 atom stereocenters. The quantitative estimate of drug-likeness (QED) is 0.698. The van der Waals surface area contributed by atoms with Gasteiger partial charge in [0.1, 0.15) is 5.82 Å². The Hall–Kier alpha value is -3.22. The zero-order chi connectivity index (χ0) is 22.5. The van der Waals surface area contributed by atoms with Crippen LogP contribution >= 0.6 is 0 Å². The van der Waals surface area contributed by atoms with Crippen LogP contribution in [0, 0.1) is 26.7 Å². The smallest absolute Gasteiger partial charge is 0.230 e. The molecule has 2 aromatic heterocycles. The highest BCUT2D eigenvalue weighted by Gasteiger charge is 2.39. The molecule has 7 heteroatoms. The molecule has 0 aliphatic carbocycles. The van der Waals surface area contributed by atoms with Crippen molar-refractivity contribution in [3.63, 3.8) is 0 Å². The van der Waals surface area contributed by atoms with E-state index in [1.807, 2.05) is 65.8 Å². The van der Waals surface area contributed by atoms with Gasteiger partial charge in [-0.2, -0.15) is 9.78 Å². The Bertz CT molecular complexity index is 1190. The van der Waals surface area contributed by atoms with E-state index in [4.69, 9.17) is 4.98 Å². The Morgan fingerprint density at radius 1 is 1.13 bits per heavy atom. The fourth-order valence-electron chi connectivity index (χ4n) is 4.18. The molecule has 0 radical (unpaired) electrons. The summed E-state index contributed by atoms with van der Waals surface area (Å²) >= 11 is 0. The third kappa shape index (κ3) is 3.92. The minimum atomic E-state index is -0.385. The zero-order valence-corrected chi connectivity index (χ0v) is 19.0. The number of anilines is 1. The standard InChI is InChI=1S/C24H29N5O2/c1-14-8-7-9-18-15(2)10-19(25-22(14)18)29-20(11-16(3)27-29)26-23(31)17-12-21(30)28(13-17)24(4,5)6/h7-11,17H,12-13H2,1-6H3,(H,26,31). The number of amides is 2. The van der Waals surface area contributed by atoms with Gasteiger partial charge >= 0.3 is 0 Å². The molecule has 0 saturated carbocycles. The molecule has 4 rings (SSSR count). The van der Waals surface area contributed by atoms with Crippen LogP contribution in [0.3, 0.4) is 0 Å². The molecule has 1 N–H and O–H groups in total. The molecule has 1 aliphatic heterocycles. The Morgan fingerprint density at radius 3 is 2.55 bits per heavy atom. The van der Waals surface area contributed by atoms with Crippen LogP contribution in [0.4, 0.5) is 5.82 Å². The van der Waals surface area contributed by atoms with Crippen LogP contribution in [0.2, 0.25) is 0 Å². The topological polar surface area (TPSA) is 80.1 Å². The largest absolute Gasteiger partial charge is 0.337 e. The lowest BCUT2D eigenvalue weighted by Gasteiger charge is -2.31. The molecule has 3 aromatic rings. The van der Waals surface area contributed by atoms with E-state index in [-0.39, 0.29) is 29.7 Å². The van der Waals surface area contributed by atoms with Crippen LogP contribution in [0.1, 0.15) is 44.0 Å². The number of benzene rings is 1. The number of fused-ring (bicyclic) bond motifs is 1. The molecule has 31 heavy (non-hydrogen) atoms. The van der Waals surface area contributed by atoms with Crippen molar-refractivity contribution in [1.29, 1.82) is 0 Å². The van der Waals surface area contributed by atoms with Gasteiger partial charge in [-0.25, -0.2) is 4.98 Å². The molecule has 1 aromatic carbocycles. The lowest BCUT2D eigenvalue weighted by Crippen LogP contribution is -2.42. The van der Waals surface area contributed by atoms with Crippen LogP contribution in [-0.4, -0.2) is 43.6 Å². The SMILES string of the molecule is Cc1cc(NC(=O)C2CC(=O)N(C(C)(C)C)C2)n(-c2cc(C)c3cccc(C)c3n2)n1. The third-order valence-electron chi connectivity index (χ3n) is 5.84. The molecule has 0 spiro atoms. The number of para-hydroxylation sites is 1. The molecule has 3 heterocycles. The lowest BCUT2D eigenvalue weighted by atomic mass is 10.1. The monoisotopic (exact) mass is 419 g/mol. The molecule has 1 unspecified atom stereocenters. The third-order valence-corrected chi connectivity index (χ3v) is 5.84. The fourth-order valence-corrected chi connectivity index (χ4v) is 4.18. The van der Waals surface area contributed by atoms with E-state index in [1.54, 1.807) is 9.58 Å². The van der Waals surface area contributed by atoms with Crippen molar-refractivity contribution in [2.45, 2.75) is 53.5 Å². The van der Waals surface area contributed by atoms with E-state index in [0.29, 0.717) is 18.2 Å². The number of hydrogen-bond donors (Lipinski definition) is 1. The highest BCUT2D eigenvalue weighted by Crippen LogP contribution is 2.28. The van der Waals surface area contributed by atoms with Crippen molar-refractivity contribution >= 4 is 28.5 Å². The average Bonchev–Trinajstić information content (AvgIpc) is 3.25. The van der Waals surface area contributed by atoms with E-state index in [9.17, 15) is 9.59 Å². The fraction of sp³-hybridized carbons (Fsp3) is 0.417. The second kappa shape index (κ2) is 7.48. The predicted molar refractivity (Wildman–Crippen MR) is 121 cm³/mol. The van der Waals surface area contributed by atoms with Crippen molar-refractivity contribution in [3.8, 4) is 5.82 Å². The van der Waals surface area contributed by atoms with Gasteiger partial charge in [0.2, 0.25) is 11.8 Å². The predicted octanol–water partition coefficient (Wildman–Crippen LogP) is 3.93. The van der Waals surface area contributed by atoms with E-state index < -0.39 is 0 Å². The number of aryl methyl sites for hydroxylation is 3. The summed E-state index contributed by atoms with van der Waals surface area (Å²) in [7, 11) is 0. The normalized spacial score (nSPS) is 16.9. The van der Waals surface area contributed by atoms with Crippen molar-refractivity contribution in [1.82, 2.24) is 19.7 Å². The summed E-state index contributed by atoms with van der Waals surface area (Å²) in [4.78, 5) is 32.0. The van der Waals surface area contributed by atoms with Gasteiger partial charge in [-0.05, 0) is 58.7 Å². The second-order valence-electron chi connectivity index (χ2n) is 9.42. The Balaban J connectivity index is 1.65. The number of nitrogens with one attached hydrogen (secondary N) is 1. The number of carbonyl (C=O) groups is 2. The molecule has 1 saturated heterocycles. The summed E-state index contributed by atoms with van der Waals surface area (Å²) < 4.78 is 1.67. The van der Waals surface area contributed by atoms with E-state index in [0.717, 1.165) is 27.7 Å². The Morgan fingerprint density at radius 2 is 1.87 bits per heavy atom. The maximum absolute atomic E-state index is 13.0. The number of rotatable bonds is 3. The maximum atomic E-state index is 13.0. The van der Waals surface area contributed by atoms with Crippen LogP contribution in [0.25, 0.3) is 16.7 Å². The molecule has 0 bridgehead atoms. The van der Waals surface area contributed by atoms with Gasteiger partial charge in [0, 0.05) is 30.0 Å². The Labute approximate surface area is 182 Å². The van der Waals surface area contributed by atoms with Gasteiger partial charge in [0.05, 0.1) is 17.1 Å². The number of pyridine rings is 1. The summed E-state index contributed by atoms with van der Waals surface area (Å²) in [6.45, 7) is 12.3. The van der Waals surface area contributed by atoms with Gasteiger partial charge < -0.3 is 10.2 Å². The summed E-state index contributed by atoms with van der Waals surface area (Å²) in [5.41, 5.74) is 3.58. The molecule has 1 fully saturated rings. The first kappa shape index (κ1) is 21.0. The van der Waals surface area contributed by atoms with Crippen LogP contribution in [0.5, 0.6) is 0 Å². The van der Waals surface area contributed by atoms with E-state index >= 15 is 0 Å². The number of carbonyl (C=O) groups excluding carboxylic acids is 2. The highest BCUT2D eigenvalue weighted by molar-refractivity contribution is 5.97. The van der Waals surface area contributed by atoms with Crippen molar-refractivity contribution < 1.29 is 9.59 Å². The summed E-state index contributed by atoms with van der Waals surface area (Å²) in [5.74, 6) is 0.670. The number of hydrogen-bond acceptors (Lipinski definition) is 4. The maximum Gasteiger partial charge on any atom is 0.230 e. The average molecular weight is 420 g/mol. The van der Waals surface area contributed by atoms with Gasteiger partial charge in [0.15, 0.2) is 5.82 Å². The van der Waals surface area contributed by atoms with Gasteiger partial charge in [0.25, 0.3) is 0 Å². The first-order valence-electron chi connectivity index (χ1n) is 10.6. The minimum absolute atomic E-state index is 0.0136. The molecule has 1 aliphatic rings. The van der Waals surface area contributed by atoms with Gasteiger partial charge in [-0.3, -0.25) is 9.59 Å². The summed E-state index contributed by atoms with van der Waals surface area (Å²) in [6, 6.07) is 9.93. The first-order chi connectivity index (χ1) is 14.5. The zero-order valence-electron chi connectivity index (χ0n) is 19.0. The number of likely N-dealkylation sites (tertiary alicyclic amines) is 1. The first-order valence-corrected chi connectivity index (χ1v) is 10.6. The van der Waals surface area contributed by atoms with Crippen molar-refractivity contribution in [3.05, 3.63) is 47.2 Å². The lowest BCUT2D eigenvalue weighted by molar-refractivity contribution is -0.131. The number of aromatic nitrogens is 3. The summed E-state index contributed by atoms with van der Waals surface area (Å²) in [5, 5.41) is 8.66. The molecular weight excluding hydrogens is 390 g/mol. The van der Waals surface area contributed by atoms with Gasteiger partial charge in [-0.15, -0.1) is 0 Å². The molecular formula is C24H29N5O2. The Kier molecular flexibility index (Phi) is 5.07. The summed E-state index contributed by atoms with van der Waals surface area (Å²) in [6.07, 6.45) is 0.225. The molecule has 2 amide bonds. The van der Waals surface area contributed by atoms with Crippen LogP contribution < -0.4 is 5.32 Å². The molecule has 162 valence electrons. The van der Waals surface area contributed by atoms with E-state index in [1.165, 1.54) is 0 Å². The highest BCUT2D eigenvalue weighted by atomic mass is 16.2. The van der Waals surface area contributed by atoms with Crippen LogP contribution in [-0.2, 0) is 9.59 Å². The van der Waals surface area contributed by atoms with Gasteiger partial charge in [-0.1, -0.05) is 18.2 Å². The number of nitrogens with zero attached hydrogens (tertiary/aromatic N) is 4. The van der Waals surface area contributed by atoms with Crippen LogP contribution in [0.15, 0.2) is 30.3 Å². The van der Waals surface area contributed by atoms with E-state index in [2.05, 4.69) is 16.5 Å². The minimum Gasteiger partial charge on any atom is -0.337 e. The second-order valence-corrected chi connectivity index (χ2v) is 9.42. The molecule has 7 nitrogen and oxygen atoms in total.